The molecule has 4 nitrogen and oxygen atoms in total. The molecule has 1 N–H and O–H groups in total. The van der Waals surface area contributed by atoms with E-state index in [2.05, 4.69) is 5.32 Å². The Hall–Kier alpha value is -3.13. The molecule has 2 aromatic rings. The summed E-state index contributed by atoms with van der Waals surface area (Å²) < 4.78 is 18.3. The van der Waals surface area contributed by atoms with Crippen LogP contribution in [0.25, 0.3) is 6.08 Å². The number of ether oxygens (including phenoxy) is 1. The number of carbonyl (C=O) groups excluding carboxylic acids is 1. The fraction of sp³-hybridized carbons (Fsp3) is 0.158. The number of alkyl carbamates (subject to hydrolysis) is 1. The Bertz CT molecular complexity index is 752. The summed E-state index contributed by atoms with van der Waals surface area (Å²) >= 11 is 0. The molecule has 0 unspecified atom stereocenters. The van der Waals surface area contributed by atoms with Gasteiger partial charge >= 0.3 is 6.09 Å². The third kappa shape index (κ3) is 5.58. The first kappa shape index (κ1) is 17.2. The van der Waals surface area contributed by atoms with Crippen LogP contribution in [0.3, 0.4) is 0 Å². The number of nitrogens with one attached hydrogen (secondary N) is 1. The van der Waals surface area contributed by atoms with Crippen molar-refractivity contribution in [2.75, 3.05) is 6.54 Å². The smallest absolute Gasteiger partial charge is 0.407 e. The second-order valence-electron chi connectivity index (χ2n) is 5.02. The Morgan fingerprint density at radius 1 is 1.25 bits per heavy atom. The van der Waals surface area contributed by atoms with E-state index in [4.69, 9.17) is 10.00 Å². The van der Waals surface area contributed by atoms with Gasteiger partial charge in [-0.2, -0.15) is 5.26 Å². The van der Waals surface area contributed by atoms with Gasteiger partial charge in [-0.25, -0.2) is 9.18 Å². The highest BCUT2D eigenvalue weighted by molar-refractivity contribution is 5.67. The van der Waals surface area contributed by atoms with Crippen molar-refractivity contribution in [3.05, 3.63) is 77.1 Å². The quantitative estimate of drug-likeness (QED) is 0.816. The van der Waals surface area contributed by atoms with Gasteiger partial charge in [0.05, 0.1) is 11.6 Å². The number of nitrogens with zero attached hydrogens (tertiary/aromatic N) is 1. The lowest BCUT2D eigenvalue weighted by Gasteiger charge is -2.06. The van der Waals surface area contributed by atoms with E-state index in [9.17, 15) is 9.18 Å². The highest BCUT2D eigenvalue weighted by Crippen LogP contribution is 2.12. The molecule has 0 aliphatic rings. The Morgan fingerprint density at radius 3 is 2.79 bits per heavy atom. The van der Waals surface area contributed by atoms with Gasteiger partial charge in [-0.15, -0.1) is 0 Å². The Balaban J connectivity index is 1.72. The van der Waals surface area contributed by atoms with Crippen molar-refractivity contribution in [2.45, 2.75) is 13.0 Å². The molecule has 0 bridgehead atoms. The lowest BCUT2D eigenvalue weighted by atomic mass is 10.1. The average Bonchev–Trinajstić information content (AvgIpc) is 2.61. The summed E-state index contributed by atoms with van der Waals surface area (Å²) in [6.45, 7) is 0.610. The van der Waals surface area contributed by atoms with Crippen LogP contribution in [0.2, 0.25) is 0 Å². The fourth-order valence-electron chi connectivity index (χ4n) is 2.02. The number of nitriles is 1. The van der Waals surface area contributed by atoms with Crippen molar-refractivity contribution in [2.24, 2.45) is 0 Å². The first-order valence-electron chi connectivity index (χ1n) is 7.50. The van der Waals surface area contributed by atoms with E-state index in [1.165, 1.54) is 18.2 Å². The van der Waals surface area contributed by atoms with Crippen LogP contribution in [0.4, 0.5) is 9.18 Å². The Morgan fingerprint density at radius 2 is 2.04 bits per heavy atom. The zero-order chi connectivity index (χ0) is 17.2. The molecule has 2 aromatic carbocycles. The van der Waals surface area contributed by atoms with Crippen LogP contribution in [0.5, 0.6) is 0 Å². The minimum Gasteiger partial charge on any atom is -0.445 e. The average molecular weight is 324 g/mol. The van der Waals surface area contributed by atoms with Gasteiger partial charge in [-0.05, 0) is 35.7 Å². The maximum absolute atomic E-state index is 13.2. The van der Waals surface area contributed by atoms with Gasteiger partial charge in [0, 0.05) is 6.54 Å². The summed E-state index contributed by atoms with van der Waals surface area (Å²) in [6, 6.07) is 15.4. The molecule has 0 radical (unpaired) electrons. The third-order valence-electron chi connectivity index (χ3n) is 3.22. The van der Waals surface area contributed by atoms with Crippen LogP contribution in [-0.4, -0.2) is 12.6 Å². The van der Waals surface area contributed by atoms with Gasteiger partial charge in [-0.3, -0.25) is 0 Å². The predicted octanol–water partition coefficient (Wildman–Crippen LogP) is 4.03. The molecule has 0 fully saturated rings. The number of hydrogen-bond acceptors (Lipinski definition) is 3. The van der Waals surface area contributed by atoms with Crippen molar-refractivity contribution >= 4 is 12.2 Å². The van der Waals surface area contributed by atoms with Crippen LogP contribution in [-0.2, 0) is 11.3 Å². The molecule has 0 saturated heterocycles. The molecular formula is C19H17FN2O2. The van der Waals surface area contributed by atoms with Gasteiger partial charge in [0.25, 0.3) is 0 Å². The molecular weight excluding hydrogens is 307 g/mol. The van der Waals surface area contributed by atoms with Gasteiger partial charge in [0.2, 0.25) is 0 Å². The number of benzene rings is 2. The second-order valence-corrected chi connectivity index (χ2v) is 5.02. The van der Waals surface area contributed by atoms with E-state index in [1.54, 1.807) is 12.2 Å². The van der Waals surface area contributed by atoms with E-state index in [0.717, 1.165) is 5.56 Å². The lowest BCUT2D eigenvalue weighted by molar-refractivity contribution is 0.140. The molecule has 0 aromatic heterocycles. The zero-order valence-electron chi connectivity index (χ0n) is 13.0. The molecule has 0 heterocycles. The Kier molecular flexibility index (Phi) is 6.54. The number of rotatable bonds is 6. The van der Waals surface area contributed by atoms with Gasteiger partial charge in [-0.1, -0.05) is 42.5 Å². The summed E-state index contributed by atoms with van der Waals surface area (Å²) in [5.41, 5.74) is 1.84. The molecule has 122 valence electrons. The Labute approximate surface area is 140 Å². The molecule has 1 amide bonds. The van der Waals surface area contributed by atoms with Crippen LogP contribution < -0.4 is 5.32 Å². The summed E-state index contributed by atoms with van der Waals surface area (Å²) in [7, 11) is 0. The SMILES string of the molecule is N#Cc1ccc(F)cc1C=CCCNC(=O)OCc1ccccc1. The minimum atomic E-state index is -0.490. The summed E-state index contributed by atoms with van der Waals surface area (Å²) in [4.78, 5) is 11.5. The molecule has 5 heteroatoms. The molecule has 0 saturated carbocycles. The first-order valence-corrected chi connectivity index (χ1v) is 7.50. The molecule has 0 aliphatic carbocycles. The van der Waals surface area contributed by atoms with Crippen LogP contribution >= 0.6 is 0 Å². The summed E-state index contributed by atoms with van der Waals surface area (Å²) in [5, 5.41) is 11.6. The van der Waals surface area contributed by atoms with Crippen molar-refractivity contribution in [1.29, 1.82) is 5.26 Å². The van der Waals surface area contributed by atoms with E-state index in [1.807, 2.05) is 36.4 Å². The lowest BCUT2D eigenvalue weighted by Crippen LogP contribution is -2.24. The molecule has 0 spiro atoms. The van der Waals surface area contributed by atoms with Crippen molar-refractivity contribution in [3.8, 4) is 6.07 Å². The molecule has 24 heavy (non-hydrogen) atoms. The largest absolute Gasteiger partial charge is 0.445 e. The minimum absolute atomic E-state index is 0.220. The monoisotopic (exact) mass is 324 g/mol. The highest BCUT2D eigenvalue weighted by atomic mass is 19.1. The first-order chi connectivity index (χ1) is 11.7. The molecule has 0 atom stereocenters. The molecule has 0 aliphatic heterocycles. The molecule has 2 rings (SSSR count). The number of hydrogen-bond donors (Lipinski definition) is 1. The van der Waals surface area contributed by atoms with E-state index in [0.29, 0.717) is 24.1 Å². The maximum atomic E-state index is 13.2. The topological polar surface area (TPSA) is 62.1 Å². The highest BCUT2D eigenvalue weighted by Gasteiger charge is 2.02. The summed E-state index contributed by atoms with van der Waals surface area (Å²) in [6.07, 6.45) is 3.49. The van der Waals surface area contributed by atoms with E-state index in [-0.39, 0.29) is 6.61 Å². The number of amides is 1. The number of halogens is 1. The van der Waals surface area contributed by atoms with Crippen LogP contribution in [0.1, 0.15) is 23.1 Å². The van der Waals surface area contributed by atoms with E-state index >= 15 is 0 Å². The third-order valence-corrected chi connectivity index (χ3v) is 3.22. The van der Waals surface area contributed by atoms with Crippen molar-refractivity contribution in [1.82, 2.24) is 5.32 Å². The van der Waals surface area contributed by atoms with Crippen LogP contribution in [0.15, 0.2) is 54.6 Å². The maximum Gasteiger partial charge on any atom is 0.407 e. The normalized spacial score (nSPS) is 10.3. The van der Waals surface area contributed by atoms with Gasteiger partial charge in [0.15, 0.2) is 0 Å². The van der Waals surface area contributed by atoms with Gasteiger partial charge in [0.1, 0.15) is 12.4 Å². The fourth-order valence-corrected chi connectivity index (χ4v) is 2.02. The van der Waals surface area contributed by atoms with Gasteiger partial charge < -0.3 is 10.1 Å². The standard InChI is InChI=1S/C19H17FN2O2/c20-18-10-9-17(13-21)16(12-18)8-4-5-11-22-19(23)24-14-15-6-2-1-3-7-15/h1-4,6-10,12H,5,11,14H2,(H,22,23). The zero-order valence-corrected chi connectivity index (χ0v) is 13.0. The predicted molar refractivity (Wildman–Crippen MR) is 89.4 cm³/mol. The van der Waals surface area contributed by atoms with Crippen molar-refractivity contribution in [3.63, 3.8) is 0 Å². The summed E-state index contributed by atoms with van der Waals surface area (Å²) in [5.74, 6) is -0.392. The second kappa shape index (κ2) is 9.11. The van der Waals surface area contributed by atoms with Crippen LogP contribution in [0, 0.1) is 17.1 Å². The number of carbonyl (C=O) groups is 1. The van der Waals surface area contributed by atoms with Crippen molar-refractivity contribution < 1.29 is 13.9 Å². The van der Waals surface area contributed by atoms with E-state index < -0.39 is 11.9 Å².